The number of nitrogens with zero attached hydrogens (tertiary/aromatic N) is 1. The second-order valence-electron chi connectivity index (χ2n) is 4.92. The van der Waals surface area contributed by atoms with E-state index in [0.717, 1.165) is 40.0 Å². The molecule has 1 atom stereocenters. The molecule has 18 heavy (non-hydrogen) atoms. The van der Waals surface area contributed by atoms with Crippen molar-refractivity contribution in [2.24, 2.45) is 4.99 Å². The van der Waals surface area contributed by atoms with Crippen molar-refractivity contribution in [1.82, 2.24) is 0 Å². The summed E-state index contributed by atoms with van der Waals surface area (Å²) < 4.78 is 0. The molecule has 0 saturated carbocycles. The molecule has 4 heteroatoms. The van der Waals surface area contributed by atoms with E-state index in [1.807, 2.05) is 12.1 Å². The van der Waals surface area contributed by atoms with Crippen LogP contribution in [0.3, 0.4) is 0 Å². The van der Waals surface area contributed by atoms with Gasteiger partial charge in [-0.25, -0.2) is 0 Å². The van der Waals surface area contributed by atoms with Gasteiger partial charge in [-0.2, -0.15) is 0 Å². The third-order valence-electron chi connectivity index (χ3n) is 3.47. The van der Waals surface area contributed by atoms with E-state index in [4.69, 9.17) is 16.6 Å². The fourth-order valence-electron chi connectivity index (χ4n) is 1.92. The van der Waals surface area contributed by atoms with Gasteiger partial charge in [-0.3, -0.25) is 4.99 Å². The number of aliphatic imine (C=N–C) groups is 1. The molecule has 1 aliphatic rings. The Morgan fingerprint density at radius 3 is 2.94 bits per heavy atom. The van der Waals surface area contributed by atoms with E-state index in [1.165, 1.54) is 0 Å². The monoisotopic (exact) mass is 282 g/mol. The molecule has 2 rings (SSSR count). The van der Waals surface area contributed by atoms with Gasteiger partial charge in [0.1, 0.15) is 0 Å². The normalized spacial score (nSPS) is 23.7. The first-order valence-corrected chi connectivity index (χ1v) is 7.65. The van der Waals surface area contributed by atoms with Gasteiger partial charge in [-0.1, -0.05) is 42.4 Å². The molecule has 1 unspecified atom stereocenters. The molecule has 1 aromatic carbocycles. The van der Waals surface area contributed by atoms with Crippen LogP contribution in [0.25, 0.3) is 0 Å². The van der Waals surface area contributed by atoms with Crippen LogP contribution in [-0.4, -0.2) is 16.5 Å². The molecule has 0 spiro atoms. The second-order valence-corrected chi connectivity index (χ2v) is 6.41. The second kappa shape index (κ2) is 5.54. The quantitative estimate of drug-likeness (QED) is 0.849. The Bertz CT molecular complexity index is 453. The molecule has 0 bridgehead atoms. The van der Waals surface area contributed by atoms with E-state index >= 15 is 0 Å². The van der Waals surface area contributed by atoms with Crippen LogP contribution in [0.4, 0.5) is 5.69 Å². The smallest absolute Gasteiger partial charge is 0.161 e. The maximum atomic E-state index is 6.23. The lowest BCUT2D eigenvalue weighted by molar-refractivity contribution is 0.443. The van der Waals surface area contributed by atoms with Gasteiger partial charge in [0.05, 0.1) is 16.2 Å². The Morgan fingerprint density at radius 1 is 1.50 bits per heavy atom. The Kier molecular flexibility index (Phi) is 4.23. The minimum atomic E-state index is 0.0722. The molecule has 1 aromatic rings. The Balaban J connectivity index is 2.24. The van der Waals surface area contributed by atoms with Crippen LogP contribution in [-0.2, 0) is 0 Å². The molecule has 2 nitrogen and oxygen atoms in total. The number of hydrogen-bond acceptors (Lipinski definition) is 3. The summed E-state index contributed by atoms with van der Waals surface area (Å²) >= 11 is 8.00. The zero-order valence-corrected chi connectivity index (χ0v) is 12.7. The van der Waals surface area contributed by atoms with Gasteiger partial charge in [0.25, 0.3) is 0 Å². The van der Waals surface area contributed by atoms with Crippen LogP contribution in [0.15, 0.2) is 23.2 Å². The highest BCUT2D eigenvalue weighted by atomic mass is 35.5. The summed E-state index contributed by atoms with van der Waals surface area (Å²) in [6.45, 7) is 6.47. The predicted octanol–water partition coefficient (Wildman–Crippen LogP) is 4.72. The summed E-state index contributed by atoms with van der Waals surface area (Å²) in [7, 11) is 0. The van der Waals surface area contributed by atoms with Gasteiger partial charge in [-0.05, 0) is 38.3 Å². The number of rotatable bonds is 2. The molecular formula is C14H19ClN2S. The topological polar surface area (TPSA) is 24.4 Å². The summed E-state index contributed by atoms with van der Waals surface area (Å²) in [5.74, 6) is 1.11. The maximum absolute atomic E-state index is 6.23. The Morgan fingerprint density at radius 2 is 2.28 bits per heavy atom. The minimum absolute atomic E-state index is 0.0722. The van der Waals surface area contributed by atoms with E-state index in [-0.39, 0.29) is 5.54 Å². The molecule has 1 heterocycles. The summed E-state index contributed by atoms with van der Waals surface area (Å²) in [5, 5.41) is 5.13. The highest BCUT2D eigenvalue weighted by Crippen LogP contribution is 2.32. The van der Waals surface area contributed by atoms with Crippen molar-refractivity contribution in [2.75, 3.05) is 11.1 Å². The van der Waals surface area contributed by atoms with Crippen molar-refractivity contribution < 1.29 is 0 Å². The molecular weight excluding hydrogens is 264 g/mol. The first kappa shape index (κ1) is 13.8. The van der Waals surface area contributed by atoms with Crippen molar-refractivity contribution in [3.8, 4) is 0 Å². The van der Waals surface area contributed by atoms with Gasteiger partial charge in [0.15, 0.2) is 5.17 Å². The van der Waals surface area contributed by atoms with E-state index in [0.29, 0.717) is 0 Å². The number of thioether (sulfide) groups is 1. The van der Waals surface area contributed by atoms with Gasteiger partial charge in [-0.15, -0.1) is 0 Å². The van der Waals surface area contributed by atoms with Crippen molar-refractivity contribution in [3.63, 3.8) is 0 Å². The lowest BCUT2D eigenvalue weighted by atomic mass is 9.97. The van der Waals surface area contributed by atoms with Gasteiger partial charge >= 0.3 is 0 Å². The average Bonchev–Trinajstić information content (AvgIpc) is 2.34. The lowest BCUT2D eigenvalue weighted by Crippen LogP contribution is -2.29. The molecule has 98 valence electrons. The third-order valence-corrected chi connectivity index (χ3v) is 4.66. The number of nitrogens with one attached hydrogen (secondary N) is 1. The summed E-state index contributed by atoms with van der Waals surface area (Å²) in [6, 6.07) is 5.93. The summed E-state index contributed by atoms with van der Waals surface area (Å²) in [6.07, 6.45) is 2.21. The number of amidine groups is 1. The van der Waals surface area contributed by atoms with Crippen LogP contribution in [0, 0.1) is 6.92 Å². The Hall–Kier alpha value is -0.670. The van der Waals surface area contributed by atoms with Crippen molar-refractivity contribution >= 4 is 34.2 Å². The highest BCUT2D eigenvalue weighted by molar-refractivity contribution is 8.14. The number of benzene rings is 1. The van der Waals surface area contributed by atoms with Gasteiger partial charge in [0, 0.05) is 5.75 Å². The Labute approximate surface area is 118 Å². The fourth-order valence-corrected chi connectivity index (χ4v) is 3.38. The highest BCUT2D eigenvalue weighted by Gasteiger charge is 2.26. The number of anilines is 1. The third kappa shape index (κ3) is 3.01. The predicted molar refractivity (Wildman–Crippen MR) is 83.0 cm³/mol. The van der Waals surface area contributed by atoms with E-state index in [2.05, 4.69) is 32.2 Å². The molecule has 0 radical (unpaired) electrons. The number of hydrogen-bond donors (Lipinski definition) is 1. The number of halogens is 1. The molecule has 0 saturated heterocycles. The molecule has 0 amide bonds. The van der Waals surface area contributed by atoms with E-state index < -0.39 is 0 Å². The molecule has 0 aliphatic carbocycles. The van der Waals surface area contributed by atoms with Crippen LogP contribution in [0.5, 0.6) is 0 Å². The van der Waals surface area contributed by atoms with Crippen LogP contribution in [0.1, 0.15) is 32.3 Å². The minimum Gasteiger partial charge on any atom is -0.334 e. The van der Waals surface area contributed by atoms with Crippen LogP contribution >= 0.6 is 23.4 Å². The van der Waals surface area contributed by atoms with Crippen LogP contribution < -0.4 is 5.32 Å². The first-order chi connectivity index (χ1) is 8.54. The van der Waals surface area contributed by atoms with Crippen molar-refractivity contribution in [2.45, 2.75) is 39.2 Å². The maximum Gasteiger partial charge on any atom is 0.161 e. The number of aryl methyl sites for hydroxylation is 1. The average molecular weight is 283 g/mol. The largest absolute Gasteiger partial charge is 0.334 e. The molecule has 0 aromatic heterocycles. The molecule has 1 N–H and O–H groups in total. The van der Waals surface area contributed by atoms with Gasteiger partial charge in [0.2, 0.25) is 0 Å². The number of para-hydroxylation sites is 1. The van der Waals surface area contributed by atoms with Crippen molar-refractivity contribution in [3.05, 3.63) is 28.8 Å². The molecule has 1 aliphatic heterocycles. The fraction of sp³-hybridized carbons (Fsp3) is 0.500. The lowest BCUT2D eigenvalue weighted by Gasteiger charge is -2.29. The van der Waals surface area contributed by atoms with Crippen LogP contribution in [0.2, 0.25) is 5.02 Å². The van der Waals surface area contributed by atoms with Gasteiger partial charge < -0.3 is 5.32 Å². The van der Waals surface area contributed by atoms with E-state index in [9.17, 15) is 0 Å². The summed E-state index contributed by atoms with van der Waals surface area (Å²) in [4.78, 5) is 4.82. The first-order valence-electron chi connectivity index (χ1n) is 6.29. The standard InChI is InChI=1S/C14H19ClN2S/c1-4-14(3)8-9-18-13(17-14)16-12-10(2)6-5-7-11(12)15/h5-7H,4,8-9H2,1-3H3,(H,16,17). The molecule has 0 fully saturated rings. The van der Waals surface area contributed by atoms with Crippen molar-refractivity contribution in [1.29, 1.82) is 0 Å². The summed E-state index contributed by atoms with van der Waals surface area (Å²) in [5.41, 5.74) is 2.20. The zero-order chi connectivity index (χ0) is 13.2. The van der Waals surface area contributed by atoms with E-state index in [1.54, 1.807) is 11.8 Å². The zero-order valence-electron chi connectivity index (χ0n) is 11.1. The SMILES string of the molecule is CCC1(C)CCSC(Nc2c(C)cccc2Cl)=N1.